The van der Waals surface area contributed by atoms with Gasteiger partial charge in [-0.15, -0.1) is 0 Å². The van der Waals surface area contributed by atoms with Crippen LogP contribution in [0.5, 0.6) is 5.75 Å². The summed E-state index contributed by atoms with van der Waals surface area (Å²) in [6.07, 6.45) is 4.88. The SMILES string of the molecule is C[C@H](CO)N1C[C@H](C)[C@@H](CN(C)C(=O)Nc2cccc3ccccc23)Oc2ccc(NC(=O)NC3CCCCC3)cc2C1=O. The number of anilines is 2. The van der Waals surface area contributed by atoms with Crippen LogP contribution in [-0.2, 0) is 0 Å². The first-order chi connectivity index (χ1) is 21.2. The highest BCUT2D eigenvalue weighted by atomic mass is 16.5. The van der Waals surface area contributed by atoms with Gasteiger partial charge in [0.25, 0.3) is 5.91 Å². The number of amides is 5. The number of fused-ring (bicyclic) bond motifs is 2. The zero-order chi connectivity index (χ0) is 31.2. The minimum atomic E-state index is -0.452. The Morgan fingerprint density at radius 1 is 1.05 bits per heavy atom. The molecule has 3 atom stereocenters. The fourth-order valence-corrected chi connectivity index (χ4v) is 6.02. The van der Waals surface area contributed by atoms with E-state index in [1.54, 1.807) is 42.0 Å². The van der Waals surface area contributed by atoms with Gasteiger partial charge in [0.2, 0.25) is 0 Å². The van der Waals surface area contributed by atoms with E-state index in [4.69, 9.17) is 4.74 Å². The molecule has 3 aromatic rings. The smallest absolute Gasteiger partial charge is 0.321 e. The third kappa shape index (κ3) is 7.24. The number of carbonyl (C=O) groups is 3. The quantitative estimate of drug-likeness (QED) is 0.278. The third-order valence-electron chi connectivity index (χ3n) is 8.69. The Hall–Kier alpha value is -4.31. The number of carbonyl (C=O) groups excluding carboxylic acids is 3. The maximum atomic E-state index is 13.8. The van der Waals surface area contributed by atoms with Crippen LogP contribution >= 0.6 is 0 Å². The van der Waals surface area contributed by atoms with E-state index in [9.17, 15) is 19.5 Å². The molecule has 234 valence electrons. The Morgan fingerprint density at radius 2 is 1.80 bits per heavy atom. The van der Waals surface area contributed by atoms with Crippen molar-refractivity contribution in [1.82, 2.24) is 15.1 Å². The van der Waals surface area contributed by atoms with Crippen molar-refractivity contribution >= 4 is 40.1 Å². The topological polar surface area (TPSA) is 123 Å². The molecule has 3 aromatic carbocycles. The van der Waals surface area contributed by atoms with Crippen LogP contribution in [0.1, 0.15) is 56.3 Å². The van der Waals surface area contributed by atoms with Crippen molar-refractivity contribution in [2.24, 2.45) is 5.92 Å². The molecule has 44 heavy (non-hydrogen) atoms. The number of rotatable bonds is 7. The Balaban J connectivity index is 1.34. The average molecular weight is 602 g/mol. The van der Waals surface area contributed by atoms with Gasteiger partial charge in [-0.1, -0.05) is 62.6 Å². The Bertz CT molecular complexity index is 1480. The summed E-state index contributed by atoms with van der Waals surface area (Å²) in [5.41, 5.74) is 1.49. The fraction of sp³-hybridized carbons (Fsp3) is 0.441. The Kier molecular flexibility index (Phi) is 9.89. The molecule has 1 heterocycles. The number of aliphatic hydroxyl groups is 1. The van der Waals surface area contributed by atoms with Gasteiger partial charge in [-0.3, -0.25) is 4.79 Å². The highest BCUT2D eigenvalue weighted by molar-refractivity contribution is 6.02. The third-order valence-corrected chi connectivity index (χ3v) is 8.69. The minimum absolute atomic E-state index is 0.149. The lowest BCUT2D eigenvalue weighted by Crippen LogP contribution is -2.50. The number of hydrogen-bond acceptors (Lipinski definition) is 5. The number of hydrogen-bond donors (Lipinski definition) is 4. The summed E-state index contributed by atoms with van der Waals surface area (Å²) in [5.74, 6) is -0.0824. The van der Waals surface area contributed by atoms with Gasteiger partial charge in [0.05, 0.1) is 30.4 Å². The van der Waals surface area contributed by atoms with Gasteiger partial charge in [-0.2, -0.15) is 0 Å². The Morgan fingerprint density at radius 3 is 2.57 bits per heavy atom. The molecule has 10 nitrogen and oxygen atoms in total. The van der Waals surface area contributed by atoms with Crippen molar-refractivity contribution in [2.75, 3.05) is 37.4 Å². The van der Waals surface area contributed by atoms with Gasteiger partial charge < -0.3 is 35.6 Å². The maximum absolute atomic E-state index is 13.8. The second-order valence-electron chi connectivity index (χ2n) is 12.1. The van der Waals surface area contributed by atoms with E-state index in [1.807, 2.05) is 49.4 Å². The summed E-state index contributed by atoms with van der Waals surface area (Å²) in [6, 6.07) is 17.8. The molecule has 1 fully saturated rings. The molecule has 4 N–H and O–H groups in total. The van der Waals surface area contributed by atoms with Crippen molar-refractivity contribution < 1.29 is 24.2 Å². The average Bonchev–Trinajstić information content (AvgIpc) is 3.03. The van der Waals surface area contributed by atoms with E-state index in [0.717, 1.165) is 42.1 Å². The van der Waals surface area contributed by atoms with Gasteiger partial charge in [-0.05, 0) is 49.4 Å². The normalized spacial score (nSPS) is 19.6. The zero-order valence-corrected chi connectivity index (χ0v) is 25.7. The molecule has 0 unspecified atom stereocenters. The number of ether oxygens (including phenoxy) is 1. The van der Waals surface area contributed by atoms with Crippen LogP contribution in [0.2, 0.25) is 0 Å². The van der Waals surface area contributed by atoms with Crippen molar-refractivity contribution in [3.8, 4) is 5.75 Å². The number of urea groups is 2. The first kappa shape index (κ1) is 31.1. The summed E-state index contributed by atoms with van der Waals surface area (Å²) in [7, 11) is 1.72. The van der Waals surface area contributed by atoms with E-state index < -0.39 is 12.1 Å². The van der Waals surface area contributed by atoms with Crippen LogP contribution in [0.25, 0.3) is 10.8 Å². The molecule has 2 aliphatic rings. The lowest BCUT2D eigenvalue weighted by molar-refractivity contribution is 0.0371. The van der Waals surface area contributed by atoms with E-state index in [0.29, 0.717) is 23.5 Å². The van der Waals surface area contributed by atoms with Gasteiger partial charge in [0.1, 0.15) is 11.9 Å². The largest absolute Gasteiger partial charge is 0.487 e. The molecule has 1 saturated carbocycles. The standard InChI is InChI=1S/C34H43N5O5/c1-22-19-39(23(2)21-40)32(41)28-18-26(36-33(42)35-25-12-5-4-6-13-25)16-17-30(28)44-31(22)20-38(3)34(43)37-29-15-9-11-24-10-7-8-14-27(24)29/h7-11,14-18,22-23,25,31,40H,4-6,12-13,19-21H2,1-3H3,(H,37,43)(H2,35,36,42)/t22-,23+,31+/m0/s1. The van der Waals surface area contributed by atoms with E-state index in [1.165, 1.54) is 6.42 Å². The van der Waals surface area contributed by atoms with Gasteiger partial charge in [0, 0.05) is 36.6 Å². The van der Waals surface area contributed by atoms with Crippen LogP contribution < -0.4 is 20.7 Å². The Labute approximate surface area is 258 Å². The molecule has 0 saturated heterocycles. The molecule has 5 amide bonds. The van der Waals surface area contributed by atoms with E-state index in [2.05, 4.69) is 16.0 Å². The molecule has 5 rings (SSSR count). The van der Waals surface area contributed by atoms with Crippen LogP contribution in [0, 0.1) is 5.92 Å². The first-order valence-corrected chi connectivity index (χ1v) is 15.5. The van der Waals surface area contributed by atoms with Crippen molar-refractivity contribution in [2.45, 2.75) is 64.1 Å². The molecule has 0 aromatic heterocycles. The van der Waals surface area contributed by atoms with E-state index >= 15 is 0 Å². The van der Waals surface area contributed by atoms with Gasteiger partial charge >= 0.3 is 12.1 Å². The lowest BCUT2D eigenvalue weighted by atomic mass is 9.96. The van der Waals surface area contributed by atoms with Crippen molar-refractivity contribution in [3.05, 3.63) is 66.2 Å². The monoisotopic (exact) mass is 601 g/mol. The predicted molar refractivity (Wildman–Crippen MR) is 172 cm³/mol. The number of nitrogens with one attached hydrogen (secondary N) is 3. The fourth-order valence-electron chi connectivity index (χ4n) is 6.02. The van der Waals surface area contributed by atoms with Crippen LogP contribution in [-0.4, -0.2) is 77.8 Å². The van der Waals surface area contributed by atoms with Crippen LogP contribution in [0.3, 0.4) is 0 Å². The number of likely N-dealkylation sites (N-methyl/N-ethyl adjacent to an activating group) is 1. The first-order valence-electron chi connectivity index (χ1n) is 15.5. The summed E-state index contributed by atoms with van der Waals surface area (Å²) >= 11 is 0. The number of aliphatic hydroxyl groups excluding tert-OH is 1. The molecule has 0 bridgehead atoms. The molecule has 10 heteroatoms. The maximum Gasteiger partial charge on any atom is 0.321 e. The van der Waals surface area contributed by atoms with Crippen molar-refractivity contribution in [1.29, 1.82) is 0 Å². The van der Waals surface area contributed by atoms with Crippen molar-refractivity contribution in [3.63, 3.8) is 0 Å². The van der Waals surface area contributed by atoms with Gasteiger partial charge in [-0.25, -0.2) is 9.59 Å². The number of nitrogens with zero attached hydrogens (tertiary/aromatic N) is 2. The highest BCUT2D eigenvalue weighted by Crippen LogP contribution is 2.31. The lowest BCUT2D eigenvalue weighted by Gasteiger charge is -2.38. The summed E-state index contributed by atoms with van der Waals surface area (Å²) in [4.78, 5) is 43.0. The molecule has 1 aliphatic heterocycles. The molecular weight excluding hydrogens is 558 g/mol. The molecule has 1 aliphatic carbocycles. The van der Waals surface area contributed by atoms with Crippen LogP contribution in [0.4, 0.5) is 21.0 Å². The second-order valence-corrected chi connectivity index (χ2v) is 12.1. The molecule has 0 spiro atoms. The van der Waals surface area contributed by atoms with Crippen LogP contribution in [0.15, 0.2) is 60.7 Å². The van der Waals surface area contributed by atoms with Gasteiger partial charge in [0.15, 0.2) is 0 Å². The van der Waals surface area contributed by atoms with E-state index in [-0.39, 0.29) is 43.1 Å². The highest BCUT2D eigenvalue weighted by Gasteiger charge is 2.34. The molecular formula is C34H43N5O5. The summed E-state index contributed by atoms with van der Waals surface area (Å²) in [6.45, 7) is 4.15. The molecule has 0 radical (unpaired) electrons. The predicted octanol–water partition coefficient (Wildman–Crippen LogP) is 5.68. The summed E-state index contributed by atoms with van der Waals surface area (Å²) < 4.78 is 6.44. The summed E-state index contributed by atoms with van der Waals surface area (Å²) in [5, 5.41) is 20.9. The number of benzene rings is 3. The minimum Gasteiger partial charge on any atom is -0.487 e. The zero-order valence-electron chi connectivity index (χ0n) is 25.7. The second kappa shape index (κ2) is 14.0.